The third-order valence-electron chi connectivity index (χ3n) is 5.55. The van der Waals surface area contributed by atoms with E-state index in [9.17, 15) is 4.79 Å². The lowest BCUT2D eigenvalue weighted by Gasteiger charge is -2.26. The average Bonchev–Trinajstić information content (AvgIpc) is 2.79. The zero-order valence-electron chi connectivity index (χ0n) is 17.7. The van der Waals surface area contributed by atoms with Crippen LogP contribution in [-0.2, 0) is 4.79 Å². The Kier molecular flexibility index (Phi) is 8.15. The fraction of sp³-hybridized carbons (Fsp3) is 0.370. The lowest BCUT2D eigenvalue weighted by molar-refractivity contribution is -0.140. The van der Waals surface area contributed by atoms with Gasteiger partial charge in [-0.15, -0.1) is 6.58 Å². The van der Waals surface area contributed by atoms with Crippen molar-refractivity contribution in [3.8, 4) is 23.3 Å². The standard InChI is InChI=1S/C27H30O3/c1-3-5-6-21-9-15-24(16-10-21)27(28)30-26-19-13-23(14-20-26)8-7-22-11-17-25(18-12-22)29-4-2/h3,11-14,17-21,24H,1,4-6,9-10,15-16H2,2H3. The van der Waals surface area contributed by atoms with Crippen molar-refractivity contribution in [3.05, 3.63) is 72.3 Å². The van der Waals surface area contributed by atoms with Gasteiger partial charge in [-0.3, -0.25) is 4.79 Å². The SMILES string of the molecule is C=CCCC1CCC(C(=O)Oc2ccc(C#Cc3ccc(OCC)cc3)cc2)CC1. The zero-order chi connectivity index (χ0) is 21.2. The predicted molar refractivity (Wildman–Crippen MR) is 121 cm³/mol. The van der Waals surface area contributed by atoms with Gasteiger partial charge < -0.3 is 9.47 Å². The van der Waals surface area contributed by atoms with Gasteiger partial charge in [-0.05, 0) is 99.9 Å². The molecule has 3 rings (SSSR count). The Morgan fingerprint density at radius 2 is 1.53 bits per heavy atom. The Morgan fingerprint density at radius 3 is 2.07 bits per heavy atom. The lowest BCUT2D eigenvalue weighted by Crippen LogP contribution is -2.25. The zero-order valence-corrected chi connectivity index (χ0v) is 17.7. The van der Waals surface area contributed by atoms with E-state index >= 15 is 0 Å². The minimum absolute atomic E-state index is 0.0177. The smallest absolute Gasteiger partial charge is 0.314 e. The van der Waals surface area contributed by atoms with Gasteiger partial charge in [0.2, 0.25) is 0 Å². The molecule has 30 heavy (non-hydrogen) atoms. The number of hydrogen-bond acceptors (Lipinski definition) is 3. The molecule has 0 atom stereocenters. The molecule has 0 bridgehead atoms. The first kappa shape index (κ1) is 21.7. The Bertz CT molecular complexity index is 876. The van der Waals surface area contributed by atoms with Crippen molar-refractivity contribution >= 4 is 5.97 Å². The van der Waals surface area contributed by atoms with Gasteiger partial charge in [0.25, 0.3) is 0 Å². The first-order valence-electron chi connectivity index (χ1n) is 10.9. The minimum Gasteiger partial charge on any atom is -0.494 e. The molecule has 1 aliphatic rings. The molecule has 156 valence electrons. The van der Waals surface area contributed by atoms with Crippen LogP contribution in [0.1, 0.15) is 56.6 Å². The van der Waals surface area contributed by atoms with Crippen LogP contribution in [0, 0.1) is 23.7 Å². The Balaban J connectivity index is 1.50. The summed E-state index contributed by atoms with van der Waals surface area (Å²) in [6.45, 7) is 6.41. The van der Waals surface area contributed by atoms with Crippen LogP contribution in [-0.4, -0.2) is 12.6 Å². The van der Waals surface area contributed by atoms with Crippen molar-refractivity contribution < 1.29 is 14.3 Å². The molecule has 0 radical (unpaired) electrons. The van der Waals surface area contributed by atoms with E-state index < -0.39 is 0 Å². The number of ether oxygens (including phenoxy) is 2. The summed E-state index contributed by atoms with van der Waals surface area (Å²) in [5.41, 5.74) is 1.81. The molecule has 0 spiro atoms. The highest BCUT2D eigenvalue weighted by atomic mass is 16.5. The molecular weight excluding hydrogens is 372 g/mol. The summed E-state index contributed by atoms with van der Waals surface area (Å²) in [6.07, 6.45) is 8.28. The fourth-order valence-corrected chi connectivity index (χ4v) is 3.79. The quantitative estimate of drug-likeness (QED) is 0.241. The molecule has 0 saturated heterocycles. The highest BCUT2D eigenvalue weighted by Gasteiger charge is 2.27. The number of carbonyl (C=O) groups is 1. The summed E-state index contributed by atoms with van der Waals surface area (Å²) in [6, 6.07) is 15.1. The van der Waals surface area contributed by atoms with Gasteiger partial charge in [-0.1, -0.05) is 17.9 Å². The summed E-state index contributed by atoms with van der Waals surface area (Å²) in [4.78, 5) is 12.5. The molecule has 0 aliphatic heterocycles. The number of benzene rings is 2. The molecule has 1 fully saturated rings. The molecule has 0 unspecified atom stereocenters. The molecular formula is C27H30O3. The predicted octanol–water partition coefficient (Wildman–Crippen LogP) is 6.16. The minimum atomic E-state index is -0.106. The van der Waals surface area contributed by atoms with Crippen molar-refractivity contribution in [2.75, 3.05) is 6.61 Å². The van der Waals surface area contributed by atoms with E-state index in [2.05, 4.69) is 18.4 Å². The van der Waals surface area contributed by atoms with E-state index in [0.29, 0.717) is 12.4 Å². The van der Waals surface area contributed by atoms with Crippen LogP contribution in [0.25, 0.3) is 0 Å². The number of allylic oxidation sites excluding steroid dienone is 1. The van der Waals surface area contributed by atoms with Crippen molar-refractivity contribution in [2.24, 2.45) is 11.8 Å². The van der Waals surface area contributed by atoms with E-state index in [1.165, 1.54) is 6.42 Å². The van der Waals surface area contributed by atoms with Gasteiger partial charge >= 0.3 is 5.97 Å². The second-order valence-corrected chi connectivity index (χ2v) is 7.74. The first-order chi connectivity index (χ1) is 14.7. The van der Waals surface area contributed by atoms with Crippen LogP contribution < -0.4 is 9.47 Å². The van der Waals surface area contributed by atoms with Crippen LogP contribution >= 0.6 is 0 Å². The van der Waals surface area contributed by atoms with Crippen LogP contribution in [0.5, 0.6) is 11.5 Å². The van der Waals surface area contributed by atoms with Crippen molar-refractivity contribution in [3.63, 3.8) is 0 Å². The maximum atomic E-state index is 12.5. The Hall–Kier alpha value is -2.99. The first-order valence-corrected chi connectivity index (χ1v) is 10.9. The van der Waals surface area contributed by atoms with Crippen molar-refractivity contribution in [1.82, 2.24) is 0 Å². The molecule has 0 N–H and O–H groups in total. The van der Waals surface area contributed by atoms with E-state index in [-0.39, 0.29) is 11.9 Å². The molecule has 3 heteroatoms. The van der Waals surface area contributed by atoms with E-state index in [4.69, 9.17) is 9.47 Å². The van der Waals surface area contributed by atoms with Crippen LogP contribution in [0.2, 0.25) is 0 Å². The third kappa shape index (κ3) is 6.52. The molecule has 0 aromatic heterocycles. The molecule has 1 aliphatic carbocycles. The molecule has 1 saturated carbocycles. The second-order valence-electron chi connectivity index (χ2n) is 7.74. The van der Waals surface area contributed by atoms with Gasteiger partial charge in [-0.2, -0.15) is 0 Å². The van der Waals surface area contributed by atoms with Crippen LogP contribution in [0.15, 0.2) is 61.2 Å². The highest BCUT2D eigenvalue weighted by Crippen LogP contribution is 2.32. The molecule has 0 heterocycles. The van der Waals surface area contributed by atoms with E-state index in [1.54, 1.807) is 0 Å². The summed E-state index contributed by atoms with van der Waals surface area (Å²) >= 11 is 0. The summed E-state index contributed by atoms with van der Waals surface area (Å²) in [5.74, 6) is 8.35. The van der Waals surface area contributed by atoms with E-state index in [1.807, 2.05) is 61.5 Å². The number of hydrogen-bond donors (Lipinski definition) is 0. The monoisotopic (exact) mass is 402 g/mol. The largest absolute Gasteiger partial charge is 0.494 e. The average molecular weight is 403 g/mol. The summed E-state index contributed by atoms with van der Waals surface area (Å²) in [7, 11) is 0. The van der Waals surface area contributed by atoms with Gasteiger partial charge in [0.05, 0.1) is 12.5 Å². The lowest BCUT2D eigenvalue weighted by atomic mass is 9.80. The van der Waals surface area contributed by atoms with Crippen LogP contribution in [0.3, 0.4) is 0 Å². The van der Waals surface area contributed by atoms with Gasteiger partial charge in [0.1, 0.15) is 11.5 Å². The van der Waals surface area contributed by atoms with Crippen molar-refractivity contribution in [2.45, 2.75) is 45.4 Å². The number of rotatable bonds is 7. The van der Waals surface area contributed by atoms with Crippen LogP contribution in [0.4, 0.5) is 0 Å². The van der Waals surface area contributed by atoms with Gasteiger partial charge in [0.15, 0.2) is 0 Å². The highest BCUT2D eigenvalue weighted by molar-refractivity contribution is 5.75. The number of carbonyl (C=O) groups excluding carboxylic acids is 1. The van der Waals surface area contributed by atoms with E-state index in [0.717, 1.165) is 54.9 Å². The summed E-state index contributed by atoms with van der Waals surface area (Å²) in [5, 5.41) is 0. The normalized spacial score (nSPS) is 18.0. The second kappa shape index (κ2) is 11.3. The topological polar surface area (TPSA) is 35.5 Å². The summed E-state index contributed by atoms with van der Waals surface area (Å²) < 4.78 is 11.0. The third-order valence-corrected chi connectivity index (χ3v) is 5.55. The van der Waals surface area contributed by atoms with Gasteiger partial charge in [0, 0.05) is 11.1 Å². The fourth-order valence-electron chi connectivity index (χ4n) is 3.79. The van der Waals surface area contributed by atoms with Gasteiger partial charge in [-0.25, -0.2) is 0 Å². The maximum absolute atomic E-state index is 12.5. The molecule has 2 aromatic rings. The maximum Gasteiger partial charge on any atom is 0.314 e. The molecule has 3 nitrogen and oxygen atoms in total. The molecule has 0 amide bonds. The number of esters is 1. The molecule has 2 aromatic carbocycles. The Labute approximate surface area is 180 Å². The Morgan fingerprint density at radius 1 is 0.967 bits per heavy atom. The van der Waals surface area contributed by atoms with Crippen molar-refractivity contribution in [1.29, 1.82) is 0 Å².